The summed E-state index contributed by atoms with van der Waals surface area (Å²) < 4.78 is 19.1. The minimum Gasteiger partial charge on any atom is -0.437 e. The lowest BCUT2D eigenvalue weighted by molar-refractivity contribution is -0.149. The highest BCUT2D eigenvalue weighted by atomic mass is 28.3. The predicted octanol–water partition coefficient (Wildman–Crippen LogP) is 4.51. The van der Waals surface area contributed by atoms with Crippen LogP contribution >= 0.6 is 0 Å². The Labute approximate surface area is 143 Å². The summed E-state index contributed by atoms with van der Waals surface area (Å²) in [6.07, 6.45) is 0. The van der Waals surface area contributed by atoms with Gasteiger partial charge in [0, 0.05) is 18.1 Å². The van der Waals surface area contributed by atoms with E-state index in [-0.39, 0.29) is 5.82 Å². The summed E-state index contributed by atoms with van der Waals surface area (Å²) in [5.41, 5.74) is 3.45. The van der Waals surface area contributed by atoms with Crippen molar-refractivity contribution in [2.45, 2.75) is 32.2 Å². The third-order valence-electron chi connectivity index (χ3n) is 3.34. The first-order valence-electron chi connectivity index (χ1n) is 7.78. The molecule has 0 bridgehead atoms. The molecule has 0 aromatic heterocycles. The third kappa shape index (κ3) is 4.33. The second kappa shape index (κ2) is 7.02. The van der Waals surface area contributed by atoms with Crippen molar-refractivity contribution in [2.75, 3.05) is 0 Å². The first-order valence-corrected chi connectivity index (χ1v) is 11.3. The fraction of sp³-hybridized carbons (Fsp3) is 0.250. The van der Waals surface area contributed by atoms with Crippen LogP contribution in [-0.2, 0) is 15.1 Å². The lowest BCUT2D eigenvalue weighted by Crippen LogP contribution is -2.33. The molecule has 0 aliphatic heterocycles. The number of ether oxygens (including phenoxy) is 1. The Morgan fingerprint density at radius 1 is 1.00 bits per heavy atom. The van der Waals surface area contributed by atoms with Crippen LogP contribution in [0.4, 0.5) is 4.39 Å². The second-order valence-electron chi connectivity index (χ2n) is 6.65. The van der Waals surface area contributed by atoms with Gasteiger partial charge < -0.3 is 4.74 Å². The standard InChI is InChI=1S/C20H21FO2Si/c1-16(22)23-20(14-15-24(2,3)4,17-8-6-5-7-9-17)18-10-12-19(21)13-11-18/h5-13H,1-4H3. The second-order valence-corrected chi connectivity index (χ2v) is 11.4. The molecule has 2 aromatic carbocycles. The molecule has 0 spiro atoms. The molecule has 0 aliphatic carbocycles. The van der Waals surface area contributed by atoms with Gasteiger partial charge in [0.25, 0.3) is 0 Å². The first-order chi connectivity index (χ1) is 11.2. The zero-order chi connectivity index (χ0) is 17.8. The average molecular weight is 340 g/mol. The summed E-state index contributed by atoms with van der Waals surface area (Å²) in [6.45, 7) is 7.72. The van der Waals surface area contributed by atoms with Crippen molar-refractivity contribution in [2.24, 2.45) is 0 Å². The smallest absolute Gasteiger partial charge is 0.304 e. The van der Waals surface area contributed by atoms with Crippen LogP contribution < -0.4 is 0 Å². The van der Waals surface area contributed by atoms with Crippen molar-refractivity contribution in [1.82, 2.24) is 0 Å². The molecule has 4 heteroatoms. The predicted molar refractivity (Wildman–Crippen MR) is 96.5 cm³/mol. The van der Waals surface area contributed by atoms with Crippen molar-refractivity contribution < 1.29 is 13.9 Å². The number of esters is 1. The molecule has 0 amide bonds. The molecule has 2 nitrogen and oxygen atoms in total. The summed E-state index contributed by atoms with van der Waals surface area (Å²) in [5, 5.41) is 0. The molecule has 0 saturated heterocycles. The van der Waals surface area contributed by atoms with E-state index in [1.165, 1.54) is 19.1 Å². The normalized spacial score (nSPS) is 13.4. The zero-order valence-corrected chi connectivity index (χ0v) is 15.4. The molecule has 0 fully saturated rings. The van der Waals surface area contributed by atoms with Gasteiger partial charge in [-0.25, -0.2) is 4.39 Å². The van der Waals surface area contributed by atoms with E-state index in [0.29, 0.717) is 5.56 Å². The van der Waals surface area contributed by atoms with E-state index >= 15 is 0 Å². The Morgan fingerprint density at radius 3 is 2.04 bits per heavy atom. The van der Waals surface area contributed by atoms with Crippen molar-refractivity contribution in [3.05, 3.63) is 71.5 Å². The topological polar surface area (TPSA) is 26.3 Å². The molecule has 0 heterocycles. The fourth-order valence-electron chi connectivity index (χ4n) is 2.30. The van der Waals surface area contributed by atoms with Gasteiger partial charge in [0.2, 0.25) is 5.60 Å². The SMILES string of the molecule is CC(=O)OC(C#C[Si](C)(C)C)(c1ccccc1)c1ccc(F)cc1. The number of hydrogen-bond acceptors (Lipinski definition) is 2. The molecule has 2 rings (SSSR count). The highest BCUT2D eigenvalue weighted by Crippen LogP contribution is 2.34. The van der Waals surface area contributed by atoms with Gasteiger partial charge >= 0.3 is 5.97 Å². The van der Waals surface area contributed by atoms with E-state index in [9.17, 15) is 9.18 Å². The molecule has 24 heavy (non-hydrogen) atoms. The van der Waals surface area contributed by atoms with Crippen molar-refractivity contribution in [3.63, 3.8) is 0 Å². The molecule has 124 valence electrons. The van der Waals surface area contributed by atoms with Gasteiger partial charge in [0.1, 0.15) is 13.9 Å². The zero-order valence-electron chi connectivity index (χ0n) is 14.4. The largest absolute Gasteiger partial charge is 0.437 e. The van der Waals surface area contributed by atoms with Gasteiger partial charge in [-0.3, -0.25) is 4.79 Å². The highest BCUT2D eigenvalue weighted by molar-refractivity contribution is 6.83. The average Bonchev–Trinajstić information content (AvgIpc) is 2.52. The Bertz CT molecular complexity index is 767. The van der Waals surface area contributed by atoms with Gasteiger partial charge in [0.15, 0.2) is 0 Å². The Kier molecular flexibility index (Phi) is 5.25. The van der Waals surface area contributed by atoms with E-state index in [1.54, 1.807) is 12.1 Å². The molecule has 0 N–H and O–H groups in total. The van der Waals surface area contributed by atoms with Crippen LogP contribution in [0.15, 0.2) is 54.6 Å². The summed E-state index contributed by atoms with van der Waals surface area (Å²) in [6, 6.07) is 15.3. The molecule has 1 unspecified atom stereocenters. The van der Waals surface area contributed by atoms with Crippen LogP contribution in [0.2, 0.25) is 19.6 Å². The number of carbonyl (C=O) groups excluding carboxylic acids is 1. The Morgan fingerprint density at radius 2 is 1.54 bits per heavy atom. The minimum absolute atomic E-state index is 0.346. The van der Waals surface area contributed by atoms with Crippen LogP contribution in [0.3, 0.4) is 0 Å². The Hall–Kier alpha value is -2.38. The minimum atomic E-state index is -1.72. The number of benzene rings is 2. The van der Waals surface area contributed by atoms with Gasteiger partial charge in [0.05, 0.1) is 0 Å². The lowest BCUT2D eigenvalue weighted by Gasteiger charge is -2.29. The molecular formula is C20H21FO2Si. The van der Waals surface area contributed by atoms with Crippen LogP contribution in [0.1, 0.15) is 18.1 Å². The van der Waals surface area contributed by atoms with Crippen molar-refractivity contribution in [3.8, 4) is 11.5 Å². The van der Waals surface area contributed by atoms with E-state index in [4.69, 9.17) is 4.74 Å². The number of carbonyl (C=O) groups is 1. The molecule has 2 aromatic rings. The summed E-state index contributed by atoms with van der Waals surface area (Å²) in [5.74, 6) is 2.42. The van der Waals surface area contributed by atoms with Gasteiger partial charge in [-0.05, 0) is 12.1 Å². The monoisotopic (exact) mass is 340 g/mol. The van der Waals surface area contributed by atoms with E-state index in [0.717, 1.165) is 5.56 Å². The van der Waals surface area contributed by atoms with Gasteiger partial charge in [-0.2, -0.15) is 0 Å². The number of hydrogen-bond donors (Lipinski definition) is 0. The van der Waals surface area contributed by atoms with Crippen LogP contribution in [-0.4, -0.2) is 14.0 Å². The lowest BCUT2D eigenvalue weighted by atomic mass is 9.86. The van der Waals surface area contributed by atoms with Crippen LogP contribution in [0, 0.1) is 17.3 Å². The molecule has 0 aliphatic rings. The molecular weight excluding hydrogens is 319 g/mol. The third-order valence-corrected chi connectivity index (χ3v) is 4.22. The summed E-state index contributed by atoms with van der Waals surface area (Å²) >= 11 is 0. The summed E-state index contributed by atoms with van der Waals surface area (Å²) in [7, 11) is -1.72. The Balaban J connectivity index is 2.74. The van der Waals surface area contributed by atoms with E-state index < -0.39 is 19.6 Å². The number of halogens is 1. The molecule has 0 radical (unpaired) electrons. The van der Waals surface area contributed by atoms with Crippen molar-refractivity contribution in [1.29, 1.82) is 0 Å². The first kappa shape index (κ1) is 18.0. The number of rotatable bonds is 3. The van der Waals surface area contributed by atoms with Crippen molar-refractivity contribution >= 4 is 14.0 Å². The molecule has 1 atom stereocenters. The summed E-state index contributed by atoms with van der Waals surface area (Å²) in [4.78, 5) is 11.8. The van der Waals surface area contributed by atoms with Crippen LogP contribution in [0.5, 0.6) is 0 Å². The highest BCUT2D eigenvalue weighted by Gasteiger charge is 2.36. The maximum atomic E-state index is 13.4. The van der Waals surface area contributed by atoms with E-state index in [1.807, 2.05) is 30.3 Å². The molecule has 0 saturated carbocycles. The quantitative estimate of drug-likeness (QED) is 0.467. The maximum Gasteiger partial charge on any atom is 0.304 e. The van der Waals surface area contributed by atoms with Gasteiger partial charge in [-0.1, -0.05) is 68.0 Å². The fourth-order valence-corrected chi connectivity index (χ4v) is 2.85. The van der Waals surface area contributed by atoms with Gasteiger partial charge in [-0.15, -0.1) is 5.54 Å². The van der Waals surface area contributed by atoms with Crippen LogP contribution in [0.25, 0.3) is 0 Å². The van der Waals surface area contributed by atoms with E-state index in [2.05, 4.69) is 31.1 Å². The maximum absolute atomic E-state index is 13.4.